The van der Waals surface area contributed by atoms with Crippen LogP contribution in [0, 0.1) is 0 Å². The summed E-state index contributed by atoms with van der Waals surface area (Å²) in [6.45, 7) is 4.64. The van der Waals surface area contributed by atoms with Crippen LogP contribution in [0.1, 0.15) is 30.4 Å². The molecule has 3 rings (SSSR count). The molecule has 24 heavy (non-hydrogen) atoms. The zero-order valence-electron chi connectivity index (χ0n) is 14.2. The lowest BCUT2D eigenvalue weighted by Crippen LogP contribution is -2.18. The Bertz CT molecular complexity index is 672. The van der Waals surface area contributed by atoms with Crippen LogP contribution in [-0.4, -0.2) is 26.4 Å². The molecule has 1 aliphatic rings. The van der Waals surface area contributed by atoms with Crippen molar-refractivity contribution in [2.24, 2.45) is 5.73 Å². The molecule has 0 saturated heterocycles. The number of ether oxygens (including phenoxy) is 3. The maximum atomic E-state index is 6.04. The average molecular weight is 327 g/mol. The Morgan fingerprint density at radius 1 is 1.08 bits per heavy atom. The highest BCUT2D eigenvalue weighted by Gasteiger charge is 2.17. The van der Waals surface area contributed by atoms with Crippen LogP contribution in [0.3, 0.4) is 0 Å². The molecule has 128 valence electrons. The van der Waals surface area contributed by atoms with E-state index in [1.165, 1.54) is 11.1 Å². The summed E-state index contributed by atoms with van der Waals surface area (Å²) in [6.07, 6.45) is 1.88. The Kier molecular flexibility index (Phi) is 5.59. The first kappa shape index (κ1) is 16.7. The van der Waals surface area contributed by atoms with Crippen LogP contribution in [0.2, 0.25) is 0 Å². The van der Waals surface area contributed by atoms with Crippen LogP contribution < -0.4 is 19.9 Å². The van der Waals surface area contributed by atoms with Crippen molar-refractivity contribution in [1.29, 1.82) is 0 Å². The molecule has 0 fully saturated rings. The van der Waals surface area contributed by atoms with Gasteiger partial charge in [-0.2, -0.15) is 0 Å². The number of hydrogen-bond donors (Lipinski definition) is 1. The van der Waals surface area contributed by atoms with Crippen LogP contribution in [0.4, 0.5) is 0 Å². The van der Waals surface area contributed by atoms with Crippen molar-refractivity contribution in [1.82, 2.24) is 0 Å². The molecule has 2 aromatic rings. The zero-order valence-corrected chi connectivity index (χ0v) is 14.2. The molecule has 1 aliphatic heterocycles. The fourth-order valence-electron chi connectivity index (χ4n) is 2.92. The van der Waals surface area contributed by atoms with Crippen LogP contribution in [-0.2, 0) is 6.42 Å². The van der Waals surface area contributed by atoms with Crippen LogP contribution in [0.15, 0.2) is 42.5 Å². The summed E-state index contributed by atoms with van der Waals surface area (Å²) in [7, 11) is 0. The minimum Gasteiger partial charge on any atom is -0.494 e. The summed E-state index contributed by atoms with van der Waals surface area (Å²) in [5.74, 6) is 2.79. The molecule has 1 heterocycles. The third kappa shape index (κ3) is 4.01. The molecule has 0 bridgehead atoms. The second kappa shape index (κ2) is 8.06. The molecule has 0 aliphatic carbocycles. The van der Waals surface area contributed by atoms with Gasteiger partial charge in [0.15, 0.2) is 11.5 Å². The standard InChI is InChI=1S/C20H25NO3/c1-2-8-22-18-5-3-4-15(12-18)11-17(14-21)16-6-7-19-20(13-16)24-10-9-23-19/h3-7,12-13,17H,2,8-11,14,21H2,1H3. The molecule has 1 atom stereocenters. The summed E-state index contributed by atoms with van der Waals surface area (Å²) in [4.78, 5) is 0. The summed E-state index contributed by atoms with van der Waals surface area (Å²) in [6, 6.07) is 14.4. The van der Waals surface area contributed by atoms with E-state index >= 15 is 0 Å². The van der Waals surface area contributed by atoms with E-state index in [0.29, 0.717) is 19.8 Å². The molecule has 2 N–H and O–H groups in total. The quantitative estimate of drug-likeness (QED) is 0.845. The summed E-state index contributed by atoms with van der Waals surface area (Å²) in [5.41, 5.74) is 8.46. The fraction of sp³-hybridized carbons (Fsp3) is 0.400. The largest absolute Gasteiger partial charge is 0.494 e. The van der Waals surface area contributed by atoms with Crippen molar-refractivity contribution in [3.8, 4) is 17.2 Å². The van der Waals surface area contributed by atoms with E-state index in [1.807, 2.05) is 18.2 Å². The molecule has 0 saturated carbocycles. The number of fused-ring (bicyclic) bond motifs is 1. The van der Waals surface area contributed by atoms with Gasteiger partial charge >= 0.3 is 0 Å². The number of hydrogen-bond acceptors (Lipinski definition) is 4. The average Bonchev–Trinajstić information content (AvgIpc) is 2.64. The van der Waals surface area contributed by atoms with E-state index in [2.05, 4.69) is 31.2 Å². The van der Waals surface area contributed by atoms with Gasteiger partial charge in [-0.1, -0.05) is 25.1 Å². The molecule has 0 spiro atoms. The second-order valence-corrected chi connectivity index (χ2v) is 6.04. The lowest BCUT2D eigenvalue weighted by Gasteiger charge is -2.21. The predicted octanol–water partition coefficient (Wildman–Crippen LogP) is 3.53. The normalized spacial score (nSPS) is 14.2. The lowest BCUT2D eigenvalue weighted by molar-refractivity contribution is 0.171. The molecule has 4 heteroatoms. The number of rotatable bonds is 7. The molecule has 2 aromatic carbocycles. The van der Waals surface area contributed by atoms with Crippen LogP contribution in [0.25, 0.3) is 0 Å². The van der Waals surface area contributed by atoms with Gasteiger partial charge in [0.05, 0.1) is 6.61 Å². The molecule has 1 unspecified atom stereocenters. The second-order valence-electron chi connectivity index (χ2n) is 6.04. The van der Waals surface area contributed by atoms with Crippen molar-refractivity contribution >= 4 is 0 Å². The maximum Gasteiger partial charge on any atom is 0.161 e. The SMILES string of the molecule is CCCOc1cccc(CC(CN)c2ccc3c(c2)OCCO3)c1. The van der Waals surface area contributed by atoms with E-state index in [-0.39, 0.29) is 5.92 Å². The molecule has 4 nitrogen and oxygen atoms in total. The Morgan fingerprint density at radius 3 is 2.71 bits per heavy atom. The zero-order chi connectivity index (χ0) is 16.8. The predicted molar refractivity (Wildman–Crippen MR) is 95.2 cm³/mol. The highest BCUT2D eigenvalue weighted by Crippen LogP contribution is 2.34. The first-order valence-corrected chi connectivity index (χ1v) is 8.61. The minimum absolute atomic E-state index is 0.238. The molecule has 0 aromatic heterocycles. The maximum absolute atomic E-state index is 6.04. The van der Waals surface area contributed by atoms with Gasteiger partial charge in [-0.3, -0.25) is 0 Å². The van der Waals surface area contributed by atoms with Gasteiger partial charge in [-0.15, -0.1) is 0 Å². The van der Waals surface area contributed by atoms with Gasteiger partial charge in [-0.05, 0) is 54.8 Å². The summed E-state index contributed by atoms with van der Waals surface area (Å²) < 4.78 is 17.0. The Balaban J connectivity index is 1.75. The monoisotopic (exact) mass is 327 g/mol. The Hall–Kier alpha value is -2.20. The smallest absolute Gasteiger partial charge is 0.161 e. The van der Waals surface area contributed by atoms with Crippen molar-refractivity contribution in [3.63, 3.8) is 0 Å². The van der Waals surface area contributed by atoms with E-state index in [1.54, 1.807) is 0 Å². The topological polar surface area (TPSA) is 53.7 Å². The van der Waals surface area contributed by atoms with Gasteiger partial charge in [0.25, 0.3) is 0 Å². The minimum atomic E-state index is 0.238. The van der Waals surface area contributed by atoms with Gasteiger partial charge in [0, 0.05) is 5.92 Å². The highest BCUT2D eigenvalue weighted by molar-refractivity contribution is 5.45. The molecular formula is C20H25NO3. The molecule has 0 radical (unpaired) electrons. The van der Waals surface area contributed by atoms with Gasteiger partial charge in [0.2, 0.25) is 0 Å². The third-order valence-electron chi connectivity index (χ3n) is 4.18. The van der Waals surface area contributed by atoms with Crippen LogP contribution >= 0.6 is 0 Å². The van der Waals surface area contributed by atoms with E-state index in [4.69, 9.17) is 19.9 Å². The van der Waals surface area contributed by atoms with Gasteiger partial charge in [-0.25, -0.2) is 0 Å². The number of benzene rings is 2. The highest BCUT2D eigenvalue weighted by atomic mass is 16.6. The Labute approximate surface area is 143 Å². The van der Waals surface area contributed by atoms with Crippen molar-refractivity contribution in [2.45, 2.75) is 25.7 Å². The van der Waals surface area contributed by atoms with E-state index in [0.717, 1.165) is 36.7 Å². The van der Waals surface area contributed by atoms with Crippen molar-refractivity contribution in [2.75, 3.05) is 26.4 Å². The first-order chi connectivity index (χ1) is 11.8. The van der Waals surface area contributed by atoms with E-state index in [9.17, 15) is 0 Å². The van der Waals surface area contributed by atoms with Crippen LogP contribution in [0.5, 0.6) is 17.2 Å². The summed E-state index contributed by atoms with van der Waals surface area (Å²) in [5, 5.41) is 0. The van der Waals surface area contributed by atoms with E-state index < -0.39 is 0 Å². The van der Waals surface area contributed by atoms with Crippen molar-refractivity contribution in [3.05, 3.63) is 53.6 Å². The lowest BCUT2D eigenvalue weighted by atomic mass is 9.91. The fourth-order valence-corrected chi connectivity index (χ4v) is 2.92. The van der Waals surface area contributed by atoms with Crippen molar-refractivity contribution < 1.29 is 14.2 Å². The molecule has 0 amide bonds. The van der Waals surface area contributed by atoms with Gasteiger partial charge in [0.1, 0.15) is 19.0 Å². The summed E-state index contributed by atoms with van der Waals surface area (Å²) >= 11 is 0. The number of nitrogens with two attached hydrogens (primary N) is 1. The first-order valence-electron chi connectivity index (χ1n) is 8.61. The Morgan fingerprint density at radius 2 is 1.92 bits per heavy atom. The third-order valence-corrected chi connectivity index (χ3v) is 4.18. The molecular weight excluding hydrogens is 302 g/mol. The van der Waals surface area contributed by atoms with Gasteiger partial charge < -0.3 is 19.9 Å².